The van der Waals surface area contributed by atoms with Crippen LogP contribution in [0.1, 0.15) is 16.2 Å². The van der Waals surface area contributed by atoms with Crippen LogP contribution in [0.15, 0.2) is 29.0 Å². The quantitative estimate of drug-likeness (QED) is 0.742. The summed E-state index contributed by atoms with van der Waals surface area (Å²) in [5.41, 5.74) is 0.789. The first kappa shape index (κ1) is 15.7. The number of carbonyl (C=O) groups excluding carboxylic acids is 1. The Morgan fingerprint density at radius 1 is 1.38 bits per heavy atom. The molecule has 0 saturated carbocycles. The van der Waals surface area contributed by atoms with E-state index in [2.05, 4.69) is 26.0 Å². The highest BCUT2D eigenvalue weighted by molar-refractivity contribution is 9.10. The average Bonchev–Trinajstić information content (AvgIpc) is 2.88. The van der Waals surface area contributed by atoms with Gasteiger partial charge in [0.1, 0.15) is 5.69 Å². The maximum atomic E-state index is 12.6. The molecule has 112 valence electrons. The Balaban J connectivity index is 2.34. The molecule has 0 radical (unpaired) electrons. The molecular formula is C14H17BrN4O2. The van der Waals surface area contributed by atoms with Crippen molar-refractivity contribution in [3.8, 4) is 5.75 Å². The molecule has 0 N–H and O–H groups in total. The molecule has 0 amide bonds. The van der Waals surface area contributed by atoms with E-state index in [1.54, 1.807) is 29.2 Å². The van der Waals surface area contributed by atoms with Gasteiger partial charge in [0.2, 0.25) is 5.78 Å². The first-order valence-electron chi connectivity index (χ1n) is 6.43. The van der Waals surface area contributed by atoms with E-state index in [-0.39, 0.29) is 5.78 Å². The number of likely N-dealkylation sites (N-methyl/N-ethyl adjacent to an activating group) is 1. The zero-order valence-electron chi connectivity index (χ0n) is 12.2. The van der Waals surface area contributed by atoms with E-state index < -0.39 is 0 Å². The molecule has 0 saturated heterocycles. The van der Waals surface area contributed by atoms with Gasteiger partial charge in [-0.25, -0.2) is 0 Å². The van der Waals surface area contributed by atoms with E-state index >= 15 is 0 Å². The van der Waals surface area contributed by atoms with E-state index in [1.165, 1.54) is 7.11 Å². The minimum absolute atomic E-state index is 0.199. The third kappa shape index (κ3) is 3.68. The minimum atomic E-state index is -0.199. The lowest BCUT2D eigenvalue weighted by molar-refractivity contribution is 0.102. The normalized spacial score (nSPS) is 10.9. The molecule has 0 aliphatic carbocycles. The number of hydrogen-bond acceptors (Lipinski definition) is 5. The summed E-state index contributed by atoms with van der Waals surface area (Å²) in [6.45, 7) is 1.38. The number of ketones is 1. The lowest BCUT2D eigenvalue weighted by atomic mass is 10.2. The Bertz CT molecular complexity index is 622. The zero-order chi connectivity index (χ0) is 15.4. The number of hydrogen-bond donors (Lipinski definition) is 0. The van der Waals surface area contributed by atoms with Crippen LogP contribution >= 0.6 is 15.9 Å². The SMILES string of the molecule is COc1cnn(CCN(C)C)c1C(=O)c1ccc(Br)cn1. The maximum absolute atomic E-state index is 12.6. The number of ether oxygens (including phenoxy) is 1. The van der Waals surface area contributed by atoms with E-state index in [1.807, 2.05) is 19.0 Å². The van der Waals surface area contributed by atoms with Gasteiger partial charge in [-0.15, -0.1) is 0 Å². The second-order valence-electron chi connectivity index (χ2n) is 4.78. The molecule has 2 rings (SSSR count). The fraction of sp³-hybridized carbons (Fsp3) is 0.357. The monoisotopic (exact) mass is 352 g/mol. The molecule has 0 aliphatic rings. The minimum Gasteiger partial charge on any atom is -0.493 e. The number of halogens is 1. The molecular weight excluding hydrogens is 336 g/mol. The van der Waals surface area contributed by atoms with Gasteiger partial charge in [-0.05, 0) is 42.2 Å². The predicted molar refractivity (Wildman–Crippen MR) is 82.7 cm³/mol. The molecule has 2 heterocycles. The summed E-state index contributed by atoms with van der Waals surface area (Å²) < 4.78 is 7.73. The van der Waals surface area contributed by atoms with Crippen molar-refractivity contribution in [1.29, 1.82) is 0 Å². The molecule has 0 spiro atoms. The standard InChI is InChI=1S/C14H17BrN4O2/c1-18(2)6-7-19-13(12(21-3)9-17-19)14(20)11-5-4-10(15)8-16-11/h4-5,8-9H,6-7H2,1-3H3. The van der Waals surface area contributed by atoms with Crippen LogP contribution in [0.25, 0.3) is 0 Å². The van der Waals surface area contributed by atoms with Crippen LogP contribution in [0.3, 0.4) is 0 Å². The van der Waals surface area contributed by atoms with E-state index in [4.69, 9.17) is 4.74 Å². The van der Waals surface area contributed by atoms with Crippen molar-refractivity contribution in [3.63, 3.8) is 0 Å². The lowest BCUT2D eigenvalue weighted by Gasteiger charge is -2.12. The summed E-state index contributed by atoms with van der Waals surface area (Å²) in [7, 11) is 5.47. The fourth-order valence-electron chi connectivity index (χ4n) is 1.84. The van der Waals surface area contributed by atoms with Gasteiger partial charge in [0.05, 0.1) is 19.9 Å². The Morgan fingerprint density at radius 3 is 2.71 bits per heavy atom. The lowest BCUT2D eigenvalue weighted by Crippen LogP contribution is -2.22. The Labute approximate surface area is 131 Å². The molecule has 2 aromatic heterocycles. The second kappa shape index (κ2) is 6.82. The van der Waals surface area contributed by atoms with Gasteiger partial charge in [-0.1, -0.05) is 0 Å². The Morgan fingerprint density at radius 2 is 2.14 bits per heavy atom. The number of methoxy groups -OCH3 is 1. The van der Waals surface area contributed by atoms with Crippen molar-refractivity contribution in [1.82, 2.24) is 19.7 Å². The van der Waals surface area contributed by atoms with Gasteiger partial charge in [0, 0.05) is 17.2 Å². The average molecular weight is 353 g/mol. The van der Waals surface area contributed by atoms with E-state index in [0.717, 1.165) is 11.0 Å². The van der Waals surface area contributed by atoms with Gasteiger partial charge in [0.25, 0.3) is 0 Å². The molecule has 21 heavy (non-hydrogen) atoms. The highest BCUT2D eigenvalue weighted by Crippen LogP contribution is 2.21. The fourth-order valence-corrected chi connectivity index (χ4v) is 2.08. The number of rotatable bonds is 6. The molecule has 0 aliphatic heterocycles. The number of pyridine rings is 1. The van der Waals surface area contributed by atoms with Crippen LogP contribution in [-0.4, -0.2) is 53.2 Å². The van der Waals surface area contributed by atoms with E-state index in [0.29, 0.717) is 23.7 Å². The van der Waals surface area contributed by atoms with Crippen molar-refractivity contribution in [2.24, 2.45) is 0 Å². The number of aromatic nitrogens is 3. The second-order valence-corrected chi connectivity index (χ2v) is 5.69. The van der Waals surface area contributed by atoms with Gasteiger partial charge in [0.15, 0.2) is 11.4 Å². The van der Waals surface area contributed by atoms with Crippen LogP contribution in [0.4, 0.5) is 0 Å². The van der Waals surface area contributed by atoms with Crippen molar-refractivity contribution in [3.05, 3.63) is 40.4 Å². The number of carbonyl (C=O) groups is 1. The van der Waals surface area contributed by atoms with Crippen LogP contribution in [0, 0.1) is 0 Å². The van der Waals surface area contributed by atoms with Gasteiger partial charge in [-0.3, -0.25) is 14.5 Å². The molecule has 6 nitrogen and oxygen atoms in total. The third-order valence-electron chi connectivity index (χ3n) is 2.96. The Kier molecular flexibility index (Phi) is 5.08. The summed E-state index contributed by atoms with van der Waals surface area (Å²) >= 11 is 3.31. The summed E-state index contributed by atoms with van der Waals surface area (Å²) in [6.07, 6.45) is 3.15. The van der Waals surface area contributed by atoms with Crippen LogP contribution in [-0.2, 0) is 6.54 Å². The number of nitrogens with zero attached hydrogens (tertiary/aromatic N) is 4. The van der Waals surface area contributed by atoms with Crippen molar-refractivity contribution >= 4 is 21.7 Å². The van der Waals surface area contributed by atoms with Crippen molar-refractivity contribution < 1.29 is 9.53 Å². The molecule has 0 atom stereocenters. The third-order valence-corrected chi connectivity index (χ3v) is 3.43. The topological polar surface area (TPSA) is 60.2 Å². The summed E-state index contributed by atoms with van der Waals surface area (Å²) in [4.78, 5) is 18.8. The maximum Gasteiger partial charge on any atom is 0.233 e. The first-order chi connectivity index (χ1) is 10.0. The molecule has 0 unspecified atom stereocenters. The highest BCUT2D eigenvalue weighted by atomic mass is 79.9. The van der Waals surface area contributed by atoms with Crippen molar-refractivity contribution in [2.45, 2.75) is 6.54 Å². The van der Waals surface area contributed by atoms with Crippen molar-refractivity contribution in [2.75, 3.05) is 27.7 Å². The van der Waals surface area contributed by atoms with Crippen LogP contribution in [0.2, 0.25) is 0 Å². The highest BCUT2D eigenvalue weighted by Gasteiger charge is 2.22. The molecule has 0 fully saturated rings. The largest absolute Gasteiger partial charge is 0.493 e. The van der Waals surface area contributed by atoms with Crippen LogP contribution < -0.4 is 4.74 Å². The molecule has 0 bridgehead atoms. The summed E-state index contributed by atoms with van der Waals surface area (Å²) in [6, 6.07) is 3.46. The van der Waals surface area contributed by atoms with Crippen LogP contribution in [0.5, 0.6) is 5.75 Å². The summed E-state index contributed by atoms with van der Waals surface area (Å²) in [5, 5.41) is 4.23. The van der Waals surface area contributed by atoms with E-state index in [9.17, 15) is 4.79 Å². The van der Waals surface area contributed by atoms with Gasteiger partial charge in [-0.2, -0.15) is 5.10 Å². The summed E-state index contributed by atoms with van der Waals surface area (Å²) in [5.74, 6) is 0.263. The molecule has 2 aromatic rings. The van der Waals surface area contributed by atoms with Gasteiger partial charge < -0.3 is 9.64 Å². The smallest absolute Gasteiger partial charge is 0.233 e. The Hall–Kier alpha value is -1.73. The van der Waals surface area contributed by atoms with Gasteiger partial charge >= 0.3 is 0 Å². The predicted octanol–water partition coefficient (Wildman–Crippen LogP) is 1.84. The zero-order valence-corrected chi connectivity index (χ0v) is 13.8. The molecule has 0 aromatic carbocycles. The molecule has 7 heteroatoms. The first-order valence-corrected chi connectivity index (χ1v) is 7.23.